The van der Waals surface area contributed by atoms with Crippen LogP contribution in [0.3, 0.4) is 0 Å². The number of hydrogen-bond donors (Lipinski definition) is 1. The molecule has 0 aromatic heterocycles. The van der Waals surface area contributed by atoms with E-state index < -0.39 is 12.1 Å². The van der Waals surface area contributed by atoms with Gasteiger partial charge in [0.15, 0.2) is 6.10 Å². The van der Waals surface area contributed by atoms with Crippen molar-refractivity contribution in [1.29, 1.82) is 0 Å². The molecule has 1 atom stereocenters. The number of benzene rings is 1. The summed E-state index contributed by atoms with van der Waals surface area (Å²) < 4.78 is 11.3. The third kappa shape index (κ3) is 4.85. The van der Waals surface area contributed by atoms with Crippen molar-refractivity contribution in [3.05, 3.63) is 34.3 Å². The van der Waals surface area contributed by atoms with E-state index in [4.69, 9.17) is 14.6 Å². The molecule has 0 saturated carbocycles. The highest BCUT2D eigenvalue weighted by atomic mass is 79.9. The molecule has 94 valence electrons. The minimum Gasteiger partial charge on any atom is -0.479 e. The average molecular weight is 303 g/mol. The Kier molecular flexibility index (Phi) is 6.18. The lowest BCUT2D eigenvalue weighted by atomic mass is 10.2. The zero-order chi connectivity index (χ0) is 12.7. The molecule has 0 radical (unpaired) electrons. The largest absolute Gasteiger partial charge is 0.479 e. The van der Waals surface area contributed by atoms with Gasteiger partial charge in [-0.25, -0.2) is 4.79 Å². The minimum atomic E-state index is -1.00. The predicted octanol–water partition coefficient (Wildman–Crippen LogP) is 2.46. The summed E-state index contributed by atoms with van der Waals surface area (Å²) in [6.45, 7) is 2.52. The van der Waals surface area contributed by atoms with Gasteiger partial charge in [0.05, 0.1) is 13.2 Å². The molecule has 1 unspecified atom stereocenters. The maximum atomic E-state index is 10.8. The molecule has 1 N–H and O–H groups in total. The lowest BCUT2D eigenvalue weighted by Crippen LogP contribution is -2.29. The molecule has 1 aromatic carbocycles. The fraction of sp³-hybridized carbons (Fsp3) is 0.417. The summed E-state index contributed by atoms with van der Waals surface area (Å²) in [5, 5.41) is 8.84. The minimum absolute atomic E-state index is 0.0461. The van der Waals surface area contributed by atoms with Crippen LogP contribution in [0.15, 0.2) is 28.7 Å². The van der Waals surface area contributed by atoms with E-state index in [9.17, 15) is 4.79 Å². The number of hydrogen-bond acceptors (Lipinski definition) is 3. The standard InChI is InChI=1S/C12H15BrO4/c1-2-17-11(12(14)15)8-16-7-9-5-3-4-6-10(9)13/h3-6,11H,2,7-8H2,1H3,(H,14,15). The van der Waals surface area contributed by atoms with Gasteiger partial charge in [0.25, 0.3) is 0 Å². The van der Waals surface area contributed by atoms with Crippen molar-refractivity contribution in [3.63, 3.8) is 0 Å². The Hall–Kier alpha value is -0.910. The Morgan fingerprint density at radius 1 is 1.47 bits per heavy atom. The van der Waals surface area contributed by atoms with Crippen molar-refractivity contribution in [1.82, 2.24) is 0 Å². The van der Waals surface area contributed by atoms with Gasteiger partial charge in [0.1, 0.15) is 0 Å². The fourth-order valence-corrected chi connectivity index (χ4v) is 1.68. The van der Waals surface area contributed by atoms with Gasteiger partial charge in [-0.15, -0.1) is 0 Å². The quantitative estimate of drug-likeness (QED) is 0.840. The second kappa shape index (κ2) is 7.42. The second-order valence-electron chi connectivity index (χ2n) is 3.39. The third-order valence-electron chi connectivity index (χ3n) is 2.13. The first-order chi connectivity index (χ1) is 8.15. The Bertz CT molecular complexity index is 367. The van der Waals surface area contributed by atoms with Crippen molar-refractivity contribution in [2.24, 2.45) is 0 Å². The summed E-state index contributed by atoms with van der Waals surface area (Å²) in [6.07, 6.45) is -0.900. The summed E-state index contributed by atoms with van der Waals surface area (Å²) in [5.74, 6) is -1.00. The number of rotatable bonds is 7. The first-order valence-corrected chi connectivity index (χ1v) is 6.10. The van der Waals surface area contributed by atoms with E-state index in [0.717, 1.165) is 10.0 Å². The summed E-state index contributed by atoms with van der Waals surface area (Å²) in [6, 6.07) is 7.64. The fourth-order valence-electron chi connectivity index (χ4n) is 1.28. The molecule has 0 spiro atoms. The smallest absolute Gasteiger partial charge is 0.335 e. The van der Waals surface area contributed by atoms with Crippen molar-refractivity contribution in [2.75, 3.05) is 13.2 Å². The van der Waals surface area contributed by atoms with Crippen LogP contribution in [0.25, 0.3) is 0 Å². The molecule has 0 aliphatic heterocycles. The van der Waals surface area contributed by atoms with Crippen LogP contribution in [0.5, 0.6) is 0 Å². The van der Waals surface area contributed by atoms with Crippen molar-refractivity contribution in [2.45, 2.75) is 19.6 Å². The molecule has 0 bridgehead atoms. The molecule has 0 saturated heterocycles. The van der Waals surface area contributed by atoms with Gasteiger partial charge >= 0.3 is 5.97 Å². The van der Waals surface area contributed by atoms with E-state index >= 15 is 0 Å². The van der Waals surface area contributed by atoms with Gasteiger partial charge in [0, 0.05) is 11.1 Å². The van der Waals surface area contributed by atoms with Crippen LogP contribution in [0.2, 0.25) is 0 Å². The Morgan fingerprint density at radius 3 is 2.76 bits per heavy atom. The van der Waals surface area contributed by atoms with Gasteiger partial charge in [0.2, 0.25) is 0 Å². The first kappa shape index (κ1) is 14.2. The molecule has 1 aromatic rings. The molecule has 4 nitrogen and oxygen atoms in total. The van der Waals surface area contributed by atoms with E-state index in [1.807, 2.05) is 24.3 Å². The molecular weight excluding hydrogens is 288 g/mol. The molecule has 1 rings (SSSR count). The highest BCUT2D eigenvalue weighted by Crippen LogP contribution is 2.16. The van der Waals surface area contributed by atoms with Crippen molar-refractivity contribution in [3.8, 4) is 0 Å². The lowest BCUT2D eigenvalue weighted by Gasteiger charge is -2.13. The maximum Gasteiger partial charge on any atom is 0.335 e. The van der Waals surface area contributed by atoms with Crippen LogP contribution < -0.4 is 0 Å². The van der Waals surface area contributed by atoms with E-state index in [1.54, 1.807) is 6.92 Å². The first-order valence-electron chi connectivity index (χ1n) is 5.30. The maximum absolute atomic E-state index is 10.8. The van der Waals surface area contributed by atoms with Crippen LogP contribution in [-0.2, 0) is 20.9 Å². The molecule has 0 amide bonds. The topological polar surface area (TPSA) is 55.8 Å². The van der Waals surface area contributed by atoms with Crippen molar-refractivity contribution >= 4 is 21.9 Å². The van der Waals surface area contributed by atoms with Crippen LogP contribution in [0.4, 0.5) is 0 Å². The molecule has 5 heteroatoms. The number of halogens is 1. The number of ether oxygens (including phenoxy) is 2. The molecule has 17 heavy (non-hydrogen) atoms. The van der Waals surface area contributed by atoms with Gasteiger partial charge in [-0.2, -0.15) is 0 Å². The van der Waals surface area contributed by atoms with E-state index in [0.29, 0.717) is 13.2 Å². The molecule has 0 fully saturated rings. The zero-order valence-electron chi connectivity index (χ0n) is 9.56. The average Bonchev–Trinajstić information content (AvgIpc) is 2.30. The van der Waals surface area contributed by atoms with Gasteiger partial charge in [-0.1, -0.05) is 34.1 Å². The van der Waals surface area contributed by atoms with Crippen LogP contribution in [0.1, 0.15) is 12.5 Å². The Balaban J connectivity index is 2.41. The summed E-state index contributed by atoms with van der Waals surface area (Å²) in [5.41, 5.74) is 0.980. The summed E-state index contributed by atoms with van der Waals surface area (Å²) in [4.78, 5) is 10.8. The monoisotopic (exact) mass is 302 g/mol. The van der Waals surface area contributed by atoms with Gasteiger partial charge < -0.3 is 14.6 Å². The highest BCUT2D eigenvalue weighted by molar-refractivity contribution is 9.10. The predicted molar refractivity (Wildman–Crippen MR) is 66.8 cm³/mol. The Morgan fingerprint density at radius 2 is 2.18 bits per heavy atom. The van der Waals surface area contributed by atoms with Crippen LogP contribution in [0, 0.1) is 0 Å². The summed E-state index contributed by atoms with van der Waals surface area (Å²) >= 11 is 3.40. The van der Waals surface area contributed by atoms with E-state index in [1.165, 1.54) is 0 Å². The normalized spacial score (nSPS) is 12.4. The number of carboxylic acid groups (broad SMARTS) is 1. The number of carbonyl (C=O) groups is 1. The van der Waals surface area contributed by atoms with E-state index in [-0.39, 0.29) is 6.61 Å². The Labute approximate surface area is 109 Å². The van der Waals surface area contributed by atoms with Crippen molar-refractivity contribution < 1.29 is 19.4 Å². The zero-order valence-corrected chi connectivity index (χ0v) is 11.1. The number of carboxylic acids is 1. The van der Waals surface area contributed by atoms with Gasteiger partial charge in [-0.05, 0) is 18.6 Å². The molecule has 0 heterocycles. The molecular formula is C12H15BrO4. The third-order valence-corrected chi connectivity index (χ3v) is 2.90. The molecule has 0 aliphatic carbocycles. The number of aliphatic carboxylic acids is 1. The van der Waals surface area contributed by atoms with E-state index in [2.05, 4.69) is 15.9 Å². The highest BCUT2D eigenvalue weighted by Gasteiger charge is 2.17. The molecule has 0 aliphatic rings. The lowest BCUT2D eigenvalue weighted by molar-refractivity contribution is -0.154. The van der Waals surface area contributed by atoms with Crippen LogP contribution in [-0.4, -0.2) is 30.4 Å². The summed E-state index contributed by atoms with van der Waals surface area (Å²) in [7, 11) is 0. The second-order valence-corrected chi connectivity index (χ2v) is 4.24. The van der Waals surface area contributed by atoms with Gasteiger partial charge in [-0.3, -0.25) is 0 Å². The van der Waals surface area contributed by atoms with Crippen LogP contribution >= 0.6 is 15.9 Å². The SMILES string of the molecule is CCOC(COCc1ccccc1Br)C(=O)O.